The molecule has 0 fully saturated rings. The summed E-state index contributed by atoms with van der Waals surface area (Å²) < 4.78 is 35.0. The van der Waals surface area contributed by atoms with Gasteiger partial charge in [-0.05, 0) is 0 Å². The number of hydrogen-bond donors (Lipinski definition) is 1. The van der Waals surface area contributed by atoms with Crippen LogP contribution >= 0.6 is 0 Å². The van der Waals surface area contributed by atoms with Crippen LogP contribution in [0, 0.1) is 0 Å². The van der Waals surface area contributed by atoms with Crippen molar-refractivity contribution in [2.45, 2.75) is 6.18 Å². The number of hydrogen-bond acceptors (Lipinski definition) is 3. The van der Waals surface area contributed by atoms with Crippen molar-refractivity contribution in [1.29, 1.82) is 0 Å². The topological polar surface area (TPSA) is 54.9 Å². The summed E-state index contributed by atoms with van der Waals surface area (Å²) in [4.78, 5) is 17.2. The predicted molar refractivity (Wildman–Crippen MR) is 36.7 cm³/mol. The van der Waals surface area contributed by atoms with Crippen LogP contribution in [0.15, 0.2) is 18.6 Å². The Morgan fingerprint density at radius 3 is 2.54 bits per heavy atom. The summed E-state index contributed by atoms with van der Waals surface area (Å²) in [6.07, 6.45) is -1.43. The number of carbonyl (C=O) groups is 1. The molecule has 1 aromatic heterocycles. The van der Waals surface area contributed by atoms with Crippen LogP contribution in [-0.4, -0.2) is 22.1 Å². The molecule has 0 unspecified atom stereocenters. The lowest BCUT2D eigenvalue weighted by Gasteiger charge is -2.05. The Kier molecular flexibility index (Phi) is 2.45. The van der Waals surface area contributed by atoms with Crippen LogP contribution in [0.25, 0.3) is 0 Å². The molecule has 70 valence electrons. The molecular weight excluding hydrogens is 187 g/mol. The standard InChI is InChI=1S/C6H4F3N3O/c7-6(8,9)5(13)12-4-3-10-1-2-11-4/h1-3H,(H,11,12,13). The van der Waals surface area contributed by atoms with E-state index < -0.39 is 12.1 Å². The highest BCUT2D eigenvalue weighted by molar-refractivity contribution is 5.93. The van der Waals surface area contributed by atoms with E-state index in [0.29, 0.717) is 0 Å². The molecule has 1 N–H and O–H groups in total. The summed E-state index contributed by atoms with van der Waals surface area (Å²) in [5.74, 6) is -2.29. The van der Waals surface area contributed by atoms with Crippen LogP contribution in [0.4, 0.5) is 19.0 Å². The third-order valence-corrected chi connectivity index (χ3v) is 1.06. The maximum atomic E-state index is 11.7. The largest absolute Gasteiger partial charge is 0.471 e. The minimum absolute atomic E-state index is 0.232. The number of aromatic nitrogens is 2. The number of anilines is 1. The average molecular weight is 191 g/mol. The first-order valence-corrected chi connectivity index (χ1v) is 3.14. The third kappa shape index (κ3) is 2.69. The predicted octanol–water partition coefficient (Wildman–Crippen LogP) is 0.977. The molecule has 0 bridgehead atoms. The van der Waals surface area contributed by atoms with Gasteiger partial charge in [0.25, 0.3) is 0 Å². The summed E-state index contributed by atoms with van der Waals surface area (Å²) in [6.45, 7) is 0. The van der Waals surface area contributed by atoms with Gasteiger partial charge in [0, 0.05) is 12.4 Å². The molecule has 1 amide bonds. The number of amides is 1. The molecule has 1 aromatic rings. The molecule has 0 saturated heterocycles. The fourth-order valence-electron chi connectivity index (χ4n) is 0.551. The highest BCUT2D eigenvalue weighted by Crippen LogP contribution is 2.16. The van der Waals surface area contributed by atoms with Gasteiger partial charge in [0.2, 0.25) is 0 Å². The van der Waals surface area contributed by atoms with E-state index in [1.807, 2.05) is 0 Å². The van der Waals surface area contributed by atoms with E-state index in [0.717, 1.165) is 6.20 Å². The second-order valence-corrected chi connectivity index (χ2v) is 2.04. The summed E-state index contributed by atoms with van der Waals surface area (Å²) >= 11 is 0. The molecule has 0 spiro atoms. The minimum Gasteiger partial charge on any atom is -0.302 e. The van der Waals surface area contributed by atoms with Crippen molar-refractivity contribution >= 4 is 11.7 Å². The molecule has 0 aliphatic rings. The lowest BCUT2D eigenvalue weighted by Crippen LogP contribution is -2.30. The van der Waals surface area contributed by atoms with Crippen LogP contribution in [0.2, 0.25) is 0 Å². The maximum absolute atomic E-state index is 11.7. The van der Waals surface area contributed by atoms with Crippen molar-refractivity contribution in [1.82, 2.24) is 9.97 Å². The molecule has 0 saturated carbocycles. The lowest BCUT2D eigenvalue weighted by molar-refractivity contribution is -0.167. The Hall–Kier alpha value is -1.66. The number of carbonyl (C=O) groups excluding carboxylic acids is 1. The molecule has 0 atom stereocenters. The van der Waals surface area contributed by atoms with Gasteiger partial charge in [-0.3, -0.25) is 9.78 Å². The number of alkyl halides is 3. The summed E-state index contributed by atoms with van der Waals surface area (Å²) in [7, 11) is 0. The van der Waals surface area contributed by atoms with E-state index in [9.17, 15) is 18.0 Å². The van der Waals surface area contributed by atoms with Crippen molar-refractivity contribution in [3.05, 3.63) is 18.6 Å². The van der Waals surface area contributed by atoms with Crippen LogP contribution in [0.1, 0.15) is 0 Å². The molecule has 0 aliphatic carbocycles. The molecule has 13 heavy (non-hydrogen) atoms. The van der Waals surface area contributed by atoms with Gasteiger partial charge in [-0.25, -0.2) is 4.98 Å². The number of rotatable bonds is 1. The zero-order valence-electron chi connectivity index (χ0n) is 6.17. The zero-order valence-corrected chi connectivity index (χ0v) is 6.17. The van der Waals surface area contributed by atoms with Crippen LogP contribution in [0.5, 0.6) is 0 Å². The number of halogens is 3. The van der Waals surface area contributed by atoms with Gasteiger partial charge in [0.05, 0.1) is 6.20 Å². The highest BCUT2D eigenvalue weighted by Gasteiger charge is 2.38. The van der Waals surface area contributed by atoms with Gasteiger partial charge >= 0.3 is 12.1 Å². The SMILES string of the molecule is O=C(Nc1cnccn1)C(F)(F)F. The van der Waals surface area contributed by atoms with Gasteiger partial charge in [0.1, 0.15) is 0 Å². The average Bonchev–Trinajstić information content (AvgIpc) is 2.04. The quantitative estimate of drug-likeness (QED) is 0.719. The lowest BCUT2D eigenvalue weighted by atomic mass is 10.5. The van der Waals surface area contributed by atoms with Gasteiger partial charge in [0.15, 0.2) is 5.82 Å². The summed E-state index contributed by atoms with van der Waals surface area (Å²) in [5.41, 5.74) is 0. The van der Waals surface area contributed by atoms with E-state index in [1.165, 1.54) is 12.4 Å². The zero-order chi connectivity index (χ0) is 9.90. The second-order valence-electron chi connectivity index (χ2n) is 2.04. The van der Waals surface area contributed by atoms with Crippen LogP contribution in [-0.2, 0) is 4.79 Å². The Bertz CT molecular complexity index is 298. The molecule has 0 radical (unpaired) electrons. The Morgan fingerprint density at radius 1 is 1.38 bits per heavy atom. The van der Waals surface area contributed by atoms with E-state index in [-0.39, 0.29) is 5.82 Å². The Morgan fingerprint density at radius 2 is 2.08 bits per heavy atom. The highest BCUT2D eigenvalue weighted by atomic mass is 19.4. The van der Waals surface area contributed by atoms with Crippen molar-refractivity contribution in [2.75, 3.05) is 5.32 Å². The molecule has 0 aliphatic heterocycles. The van der Waals surface area contributed by atoms with Crippen LogP contribution < -0.4 is 5.32 Å². The van der Waals surface area contributed by atoms with E-state index >= 15 is 0 Å². The molecule has 0 aromatic carbocycles. The van der Waals surface area contributed by atoms with Gasteiger partial charge in [-0.1, -0.05) is 0 Å². The molecule has 7 heteroatoms. The first kappa shape index (κ1) is 9.43. The van der Waals surface area contributed by atoms with Crippen molar-refractivity contribution in [2.24, 2.45) is 0 Å². The van der Waals surface area contributed by atoms with Gasteiger partial charge < -0.3 is 5.32 Å². The molecule has 1 heterocycles. The fourth-order valence-corrected chi connectivity index (χ4v) is 0.551. The first-order chi connectivity index (χ1) is 6.00. The van der Waals surface area contributed by atoms with Crippen molar-refractivity contribution < 1.29 is 18.0 Å². The molecular formula is C6H4F3N3O. The Labute approximate surface area is 70.8 Å². The summed E-state index contributed by atoms with van der Waals surface area (Å²) in [5, 5.41) is 1.54. The molecule has 1 rings (SSSR count). The normalized spacial score (nSPS) is 11.0. The van der Waals surface area contributed by atoms with E-state index in [4.69, 9.17) is 0 Å². The third-order valence-electron chi connectivity index (χ3n) is 1.06. The van der Waals surface area contributed by atoms with Crippen LogP contribution in [0.3, 0.4) is 0 Å². The number of nitrogens with one attached hydrogen (secondary N) is 1. The first-order valence-electron chi connectivity index (χ1n) is 3.14. The smallest absolute Gasteiger partial charge is 0.302 e. The van der Waals surface area contributed by atoms with Gasteiger partial charge in [-0.2, -0.15) is 13.2 Å². The Balaban J connectivity index is 2.66. The van der Waals surface area contributed by atoms with Crippen molar-refractivity contribution in [3.8, 4) is 0 Å². The minimum atomic E-state index is -4.91. The van der Waals surface area contributed by atoms with E-state index in [2.05, 4.69) is 9.97 Å². The monoisotopic (exact) mass is 191 g/mol. The summed E-state index contributed by atoms with van der Waals surface area (Å²) in [6, 6.07) is 0. The second kappa shape index (κ2) is 3.38. The molecule has 4 nitrogen and oxygen atoms in total. The van der Waals surface area contributed by atoms with Gasteiger partial charge in [-0.15, -0.1) is 0 Å². The fraction of sp³-hybridized carbons (Fsp3) is 0.167. The number of nitrogens with zero attached hydrogens (tertiary/aromatic N) is 2. The maximum Gasteiger partial charge on any atom is 0.471 e. The van der Waals surface area contributed by atoms with E-state index in [1.54, 1.807) is 5.32 Å². The van der Waals surface area contributed by atoms with Crippen molar-refractivity contribution in [3.63, 3.8) is 0 Å².